The molecular weight excluding hydrogens is 234 g/mol. The number of anilines is 2. The number of carboxylic acid groups (broad SMARTS) is 1. The number of urea groups is 1. The van der Waals surface area contributed by atoms with Crippen LogP contribution in [0.1, 0.15) is 23.2 Å². The zero-order valence-electron chi connectivity index (χ0n) is 9.85. The Balaban J connectivity index is 2.19. The van der Waals surface area contributed by atoms with Gasteiger partial charge in [0.1, 0.15) is 0 Å². The largest absolute Gasteiger partial charge is 0.478 e. The van der Waals surface area contributed by atoms with Gasteiger partial charge in [-0.25, -0.2) is 9.59 Å². The molecule has 0 atom stereocenters. The quantitative estimate of drug-likeness (QED) is 0.693. The first kappa shape index (κ1) is 12.2. The van der Waals surface area contributed by atoms with Gasteiger partial charge in [-0.15, -0.1) is 0 Å². The van der Waals surface area contributed by atoms with Crippen LogP contribution in [-0.2, 0) is 0 Å². The maximum Gasteiger partial charge on any atom is 0.337 e. The Morgan fingerprint density at radius 2 is 1.94 bits per heavy atom. The van der Waals surface area contributed by atoms with Crippen molar-refractivity contribution in [3.63, 3.8) is 0 Å². The third-order valence-electron chi connectivity index (χ3n) is 2.91. The average molecular weight is 249 g/mol. The topological polar surface area (TPSA) is 95.7 Å². The number of benzene rings is 1. The molecule has 1 saturated heterocycles. The van der Waals surface area contributed by atoms with Crippen LogP contribution in [0.3, 0.4) is 0 Å². The summed E-state index contributed by atoms with van der Waals surface area (Å²) in [4.78, 5) is 24.6. The predicted molar refractivity (Wildman–Crippen MR) is 67.6 cm³/mol. The number of nitrogens with one attached hydrogen (secondary N) is 1. The molecule has 2 amide bonds. The second-order valence-electron chi connectivity index (χ2n) is 4.23. The molecule has 1 aromatic rings. The number of carboxylic acids is 1. The minimum absolute atomic E-state index is 0.0387. The van der Waals surface area contributed by atoms with Crippen molar-refractivity contribution in [2.24, 2.45) is 0 Å². The number of nitrogens with zero attached hydrogens (tertiary/aromatic N) is 1. The predicted octanol–water partition coefficient (Wildman–Crippen LogP) is 1.59. The summed E-state index contributed by atoms with van der Waals surface area (Å²) in [5, 5.41) is 11.6. The van der Waals surface area contributed by atoms with Crippen LogP contribution >= 0.6 is 0 Å². The summed E-state index contributed by atoms with van der Waals surface area (Å²) < 4.78 is 0. The van der Waals surface area contributed by atoms with Gasteiger partial charge in [-0.05, 0) is 31.0 Å². The van der Waals surface area contributed by atoms with Gasteiger partial charge in [-0.1, -0.05) is 0 Å². The zero-order valence-corrected chi connectivity index (χ0v) is 9.85. The molecule has 0 unspecified atom stereocenters. The highest BCUT2D eigenvalue weighted by Crippen LogP contribution is 2.20. The number of nitrogens with two attached hydrogens (primary N) is 1. The molecule has 96 valence electrons. The molecule has 1 fully saturated rings. The van der Waals surface area contributed by atoms with E-state index in [0.29, 0.717) is 18.8 Å². The van der Waals surface area contributed by atoms with Gasteiger partial charge in [-0.2, -0.15) is 0 Å². The molecule has 0 bridgehead atoms. The van der Waals surface area contributed by atoms with Crippen LogP contribution in [0.4, 0.5) is 16.2 Å². The van der Waals surface area contributed by atoms with Crippen LogP contribution in [0.15, 0.2) is 18.2 Å². The molecule has 2 rings (SSSR count). The smallest absolute Gasteiger partial charge is 0.337 e. The first-order chi connectivity index (χ1) is 8.58. The van der Waals surface area contributed by atoms with Gasteiger partial charge in [-0.3, -0.25) is 0 Å². The minimum Gasteiger partial charge on any atom is -0.478 e. The lowest BCUT2D eigenvalue weighted by Gasteiger charge is -2.17. The van der Waals surface area contributed by atoms with Gasteiger partial charge >= 0.3 is 12.0 Å². The van der Waals surface area contributed by atoms with E-state index in [-0.39, 0.29) is 17.3 Å². The molecule has 1 aromatic carbocycles. The molecule has 18 heavy (non-hydrogen) atoms. The molecule has 1 aliphatic heterocycles. The number of hydrogen-bond donors (Lipinski definition) is 3. The molecule has 4 N–H and O–H groups in total. The van der Waals surface area contributed by atoms with Gasteiger partial charge in [0, 0.05) is 18.8 Å². The second kappa shape index (κ2) is 4.95. The van der Waals surface area contributed by atoms with E-state index in [1.807, 2.05) is 0 Å². The molecule has 6 heteroatoms. The highest BCUT2D eigenvalue weighted by molar-refractivity contribution is 6.00. The number of rotatable bonds is 2. The van der Waals surface area contributed by atoms with E-state index in [2.05, 4.69) is 5.32 Å². The summed E-state index contributed by atoms with van der Waals surface area (Å²) >= 11 is 0. The second-order valence-corrected chi connectivity index (χ2v) is 4.23. The van der Waals surface area contributed by atoms with Crippen LogP contribution < -0.4 is 11.1 Å². The average Bonchev–Trinajstić information content (AvgIpc) is 2.81. The summed E-state index contributed by atoms with van der Waals surface area (Å²) in [6.45, 7) is 1.41. The summed E-state index contributed by atoms with van der Waals surface area (Å²) in [6, 6.07) is 4.06. The Labute approximate surface area is 104 Å². The van der Waals surface area contributed by atoms with Crippen molar-refractivity contribution in [2.75, 3.05) is 24.1 Å². The van der Waals surface area contributed by atoms with Crippen molar-refractivity contribution >= 4 is 23.4 Å². The SMILES string of the molecule is Nc1ccc(C(=O)O)c(NC(=O)N2CCCC2)c1. The van der Waals surface area contributed by atoms with Crippen molar-refractivity contribution in [3.05, 3.63) is 23.8 Å². The Kier molecular flexibility index (Phi) is 3.36. The number of nitrogen functional groups attached to an aromatic ring is 1. The Morgan fingerprint density at radius 3 is 2.56 bits per heavy atom. The van der Waals surface area contributed by atoms with Crippen molar-refractivity contribution in [1.82, 2.24) is 4.90 Å². The summed E-state index contributed by atoms with van der Waals surface area (Å²) in [5.41, 5.74) is 6.29. The summed E-state index contributed by atoms with van der Waals surface area (Å²) in [5.74, 6) is -1.09. The van der Waals surface area contributed by atoms with Crippen molar-refractivity contribution in [2.45, 2.75) is 12.8 Å². The van der Waals surface area contributed by atoms with Gasteiger partial charge in [0.25, 0.3) is 0 Å². The van der Waals surface area contributed by atoms with Gasteiger partial charge < -0.3 is 21.1 Å². The fourth-order valence-electron chi connectivity index (χ4n) is 1.97. The van der Waals surface area contributed by atoms with E-state index >= 15 is 0 Å². The lowest BCUT2D eigenvalue weighted by Crippen LogP contribution is -2.32. The van der Waals surface area contributed by atoms with Gasteiger partial charge in [0.2, 0.25) is 0 Å². The van der Waals surface area contributed by atoms with E-state index in [1.165, 1.54) is 18.2 Å². The molecule has 0 aromatic heterocycles. The Hall–Kier alpha value is -2.24. The first-order valence-electron chi connectivity index (χ1n) is 5.76. The van der Waals surface area contributed by atoms with Crippen molar-refractivity contribution < 1.29 is 14.7 Å². The van der Waals surface area contributed by atoms with Crippen LogP contribution in [-0.4, -0.2) is 35.1 Å². The highest BCUT2D eigenvalue weighted by atomic mass is 16.4. The Morgan fingerprint density at radius 1 is 1.28 bits per heavy atom. The van der Waals surface area contributed by atoms with Crippen molar-refractivity contribution in [3.8, 4) is 0 Å². The third-order valence-corrected chi connectivity index (χ3v) is 2.91. The van der Waals surface area contributed by atoms with Crippen LogP contribution in [0, 0.1) is 0 Å². The lowest BCUT2D eigenvalue weighted by molar-refractivity contribution is 0.0698. The van der Waals surface area contributed by atoms with Crippen LogP contribution in [0.2, 0.25) is 0 Å². The van der Waals surface area contributed by atoms with E-state index in [0.717, 1.165) is 12.8 Å². The van der Waals surface area contributed by atoms with E-state index in [4.69, 9.17) is 10.8 Å². The van der Waals surface area contributed by atoms with E-state index < -0.39 is 5.97 Å². The number of carbonyl (C=O) groups is 2. The standard InChI is InChI=1S/C12H15N3O3/c13-8-3-4-9(11(16)17)10(7-8)14-12(18)15-5-1-2-6-15/h3-4,7H,1-2,5-6,13H2,(H,14,18)(H,16,17). The number of amides is 2. The normalized spacial score (nSPS) is 14.6. The van der Waals surface area contributed by atoms with Crippen LogP contribution in [0.5, 0.6) is 0 Å². The molecule has 0 spiro atoms. The maximum atomic E-state index is 11.9. The minimum atomic E-state index is -1.09. The van der Waals surface area contributed by atoms with Crippen LogP contribution in [0.25, 0.3) is 0 Å². The first-order valence-corrected chi connectivity index (χ1v) is 5.76. The fourth-order valence-corrected chi connectivity index (χ4v) is 1.97. The fraction of sp³-hybridized carbons (Fsp3) is 0.333. The number of carbonyl (C=O) groups excluding carboxylic acids is 1. The third kappa shape index (κ3) is 2.53. The van der Waals surface area contributed by atoms with E-state index in [1.54, 1.807) is 4.90 Å². The van der Waals surface area contributed by atoms with E-state index in [9.17, 15) is 9.59 Å². The monoisotopic (exact) mass is 249 g/mol. The number of likely N-dealkylation sites (tertiary alicyclic amines) is 1. The molecular formula is C12H15N3O3. The van der Waals surface area contributed by atoms with Gasteiger partial charge in [0.15, 0.2) is 0 Å². The number of hydrogen-bond acceptors (Lipinski definition) is 3. The molecule has 0 radical (unpaired) electrons. The molecule has 1 heterocycles. The maximum absolute atomic E-state index is 11.9. The zero-order chi connectivity index (χ0) is 13.1. The lowest BCUT2D eigenvalue weighted by atomic mass is 10.1. The summed E-state index contributed by atoms with van der Waals surface area (Å²) in [7, 11) is 0. The van der Waals surface area contributed by atoms with Gasteiger partial charge in [0.05, 0.1) is 11.3 Å². The molecule has 6 nitrogen and oxygen atoms in total. The summed E-state index contributed by atoms with van der Waals surface area (Å²) in [6.07, 6.45) is 1.96. The molecule has 0 aliphatic carbocycles. The number of aromatic carboxylic acids is 1. The Bertz CT molecular complexity index is 481. The van der Waals surface area contributed by atoms with Crippen molar-refractivity contribution in [1.29, 1.82) is 0 Å². The molecule has 0 saturated carbocycles. The molecule has 1 aliphatic rings. The highest BCUT2D eigenvalue weighted by Gasteiger charge is 2.20.